The summed E-state index contributed by atoms with van der Waals surface area (Å²) in [5, 5.41) is 0. The lowest BCUT2D eigenvalue weighted by Crippen LogP contribution is -2.34. The van der Waals surface area contributed by atoms with Gasteiger partial charge in [-0.1, -0.05) is 6.92 Å². The van der Waals surface area contributed by atoms with Crippen molar-refractivity contribution in [3.63, 3.8) is 0 Å². The SMILES string of the molecule is CCc1ccc(S(=O)(=O)NC2CCOC2)s1. The molecule has 90 valence electrons. The summed E-state index contributed by atoms with van der Waals surface area (Å²) in [5.41, 5.74) is 0. The molecule has 1 aliphatic heterocycles. The van der Waals surface area contributed by atoms with Crippen LogP contribution in [0.25, 0.3) is 0 Å². The van der Waals surface area contributed by atoms with Gasteiger partial charge in [0.05, 0.1) is 6.61 Å². The Kier molecular flexibility index (Phi) is 3.63. The Bertz CT molecular complexity index is 446. The molecular formula is C10H15NO3S2. The zero-order valence-corrected chi connectivity index (χ0v) is 10.7. The van der Waals surface area contributed by atoms with Crippen molar-refractivity contribution in [1.82, 2.24) is 4.72 Å². The molecule has 1 atom stereocenters. The van der Waals surface area contributed by atoms with E-state index in [4.69, 9.17) is 4.74 Å². The Morgan fingerprint density at radius 1 is 1.56 bits per heavy atom. The van der Waals surface area contributed by atoms with Crippen molar-refractivity contribution < 1.29 is 13.2 Å². The van der Waals surface area contributed by atoms with Gasteiger partial charge in [0.2, 0.25) is 10.0 Å². The van der Waals surface area contributed by atoms with E-state index < -0.39 is 10.0 Å². The molecule has 1 unspecified atom stereocenters. The zero-order chi connectivity index (χ0) is 11.6. The van der Waals surface area contributed by atoms with Gasteiger partial charge >= 0.3 is 0 Å². The number of aryl methyl sites for hydroxylation is 1. The van der Waals surface area contributed by atoms with Crippen LogP contribution in [0.3, 0.4) is 0 Å². The predicted octanol–water partition coefficient (Wildman–Crippen LogP) is 1.38. The molecule has 0 spiro atoms. The fourth-order valence-corrected chi connectivity index (χ4v) is 4.16. The Morgan fingerprint density at radius 2 is 2.38 bits per heavy atom. The summed E-state index contributed by atoms with van der Waals surface area (Å²) in [4.78, 5) is 1.09. The number of sulfonamides is 1. The minimum atomic E-state index is -3.34. The monoisotopic (exact) mass is 261 g/mol. The summed E-state index contributed by atoms with van der Waals surface area (Å²) in [6.07, 6.45) is 1.62. The van der Waals surface area contributed by atoms with Crippen molar-refractivity contribution in [1.29, 1.82) is 0 Å². The number of nitrogens with one attached hydrogen (secondary N) is 1. The molecule has 2 heterocycles. The maximum absolute atomic E-state index is 12.0. The van der Waals surface area contributed by atoms with Gasteiger partial charge in [-0.2, -0.15) is 0 Å². The number of ether oxygens (including phenoxy) is 1. The van der Waals surface area contributed by atoms with Gasteiger partial charge in [-0.05, 0) is 25.0 Å². The van der Waals surface area contributed by atoms with Crippen LogP contribution in [0.1, 0.15) is 18.2 Å². The van der Waals surface area contributed by atoms with Crippen molar-refractivity contribution in [2.24, 2.45) is 0 Å². The molecule has 0 radical (unpaired) electrons. The van der Waals surface area contributed by atoms with Crippen LogP contribution < -0.4 is 4.72 Å². The fraction of sp³-hybridized carbons (Fsp3) is 0.600. The van der Waals surface area contributed by atoms with Gasteiger partial charge in [0.1, 0.15) is 4.21 Å². The Balaban J connectivity index is 2.11. The second-order valence-corrected chi connectivity index (χ2v) is 6.87. The van der Waals surface area contributed by atoms with Gasteiger partial charge in [-0.3, -0.25) is 0 Å². The molecule has 1 aliphatic rings. The summed E-state index contributed by atoms with van der Waals surface area (Å²) < 4.78 is 32.1. The Hall–Kier alpha value is -0.430. The van der Waals surface area contributed by atoms with E-state index in [1.54, 1.807) is 6.07 Å². The first-order chi connectivity index (χ1) is 7.62. The molecule has 4 nitrogen and oxygen atoms in total. The van der Waals surface area contributed by atoms with Gasteiger partial charge in [0.25, 0.3) is 0 Å². The topological polar surface area (TPSA) is 55.4 Å². The van der Waals surface area contributed by atoms with Crippen LogP contribution in [0.4, 0.5) is 0 Å². The normalized spacial score (nSPS) is 21.4. The lowest BCUT2D eigenvalue weighted by atomic mass is 10.3. The quantitative estimate of drug-likeness (QED) is 0.891. The van der Waals surface area contributed by atoms with Crippen molar-refractivity contribution in [3.8, 4) is 0 Å². The molecule has 0 saturated carbocycles. The van der Waals surface area contributed by atoms with Gasteiger partial charge < -0.3 is 4.74 Å². The molecule has 1 N–H and O–H groups in total. The first-order valence-corrected chi connectivity index (χ1v) is 7.60. The first kappa shape index (κ1) is 12.0. The molecule has 1 aromatic rings. The number of rotatable bonds is 4. The van der Waals surface area contributed by atoms with Crippen molar-refractivity contribution in [2.75, 3.05) is 13.2 Å². The van der Waals surface area contributed by atoms with Crippen LogP contribution in [-0.2, 0) is 21.2 Å². The maximum Gasteiger partial charge on any atom is 0.250 e. The highest BCUT2D eigenvalue weighted by molar-refractivity contribution is 7.91. The molecule has 0 bridgehead atoms. The molecule has 0 amide bonds. The summed E-state index contributed by atoms with van der Waals surface area (Å²) in [6, 6.07) is 3.46. The van der Waals surface area contributed by atoms with Crippen LogP contribution in [0.15, 0.2) is 16.3 Å². The summed E-state index contributed by atoms with van der Waals surface area (Å²) >= 11 is 1.33. The molecule has 2 rings (SSSR count). The average Bonchev–Trinajstić information content (AvgIpc) is 2.85. The second kappa shape index (κ2) is 4.83. The van der Waals surface area contributed by atoms with E-state index in [0.717, 1.165) is 17.7 Å². The minimum absolute atomic E-state index is 0.0721. The summed E-state index contributed by atoms with van der Waals surface area (Å²) in [6.45, 7) is 3.13. The van der Waals surface area contributed by atoms with Crippen LogP contribution in [0.2, 0.25) is 0 Å². The average molecular weight is 261 g/mol. The maximum atomic E-state index is 12.0. The number of hydrogen-bond acceptors (Lipinski definition) is 4. The van der Waals surface area contributed by atoms with Crippen molar-refractivity contribution in [2.45, 2.75) is 30.0 Å². The van der Waals surface area contributed by atoms with Gasteiger partial charge in [0.15, 0.2) is 0 Å². The third kappa shape index (κ3) is 2.63. The van der Waals surface area contributed by atoms with Crippen LogP contribution in [0.5, 0.6) is 0 Å². The molecule has 16 heavy (non-hydrogen) atoms. The van der Waals surface area contributed by atoms with E-state index >= 15 is 0 Å². The van der Waals surface area contributed by atoms with Crippen molar-refractivity contribution >= 4 is 21.4 Å². The van der Waals surface area contributed by atoms with Crippen LogP contribution in [0, 0.1) is 0 Å². The Morgan fingerprint density at radius 3 is 2.94 bits per heavy atom. The van der Waals surface area contributed by atoms with Crippen molar-refractivity contribution in [3.05, 3.63) is 17.0 Å². The number of thiophene rings is 1. The fourth-order valence-electron chi connectivity index (χ4n) is 1.60. The highest BCUT2D eigenvalue weighted by atomic mass is 32.2. The molecule has 6 heteroatoms. The third-order valence-electron chi connectivity index (χ3n) is 2.50. The molecule has 0 aromatic carbocycles. The van der Waals surface area contributed by atoms with E-state index in [1.807, 2.05) is 13.0 Å². The number of hydrogen-bond donors (Lipinski definition) is 1. The van der Waals surface area contributed by atoms with Gasteiger partial charge in [-0.25, -0.2) is 13.1 Å². The van der Waals surface area contributed by atoms with Crippen LogP contribution in [-0.4, -0.2) is 27.7 Å². The zero-order valence-electron chi connectivity index (χ0n) is 9.10. The van der Waals surface area contributed by atoms with Gasteiger partial charge in [0, 0.05) is 17.5 Å². The summed E-state index contributed by atoms with van der Waals surface area (Å²) in [7, 11) is -3.34. The first-order valence-electron chi connectivity index (χ1n) is 5.30. The minimum Gasteiger partial charge on any atom is -0.380 e. The molecular weight excluding hydrogens is 246 g/mol. The Labute approximate surface area is 99.7 Å². The summed E-state index contributed by atoms with van der Waals surface area (Å²) in [5.74, 6) is 0. The third-order valence-corrected chi connectivity index (χ3v) is 5.74. The molecule has 1 aromatic heterocycles. The predicted molar refractivity (Wildman–Crippen MR) is 63.2 cm³/mol. The highest BCUT2D eigenvalue weighted by Gasteiger charge is 2.24. The highest BCUT2D eigenvalue weighted by Crippen LogP contribution is 2.22. The lowest BCUT2D eigenvalue weighted by molar-refractivity contribution is 0.192. The van der Waals surface area contributed by atoms with Gasteiger partial charge in [-0.15, -0.1) is 11.3 Å². The van der Waals surface area contributed by atoms with E-state index in [2.05, 4.69) is 4.72 Å². The smallest absolute Gasteiger partial charge is 0.250 e. The van der Waals surface area contributed by atoms with Crippen LogP contribution >= 0.6 is 11.3 Å². The largest absolute Gasteiger partial charge is 0.380 e. The van der Waals surface area contributed by atoms with E-state index in [0.29, 0.717) is 17.4 Å². The lowest BCUT2D eigenvalue weighted by Gasteiger charge is -2.09. The second-order valence-electron chi connectivity index (χ2n) is 3.76. The molecule has 0 aliphatic carbocycles. The van der Waals surface area contributed by atoms with E-state index in [1.165, 1.54) is 11.3 Å². The molecule has 1 fully saturated rings. The molecule has 1 saturated heterocycles. The van der Waals surface area contributed by atoms with E-state index in [9.17, 15) is 8.42 Å². The van der Waals surface area contributed by atoms with E-state index in [-0.39, 0.29) is 6.04 Å². The standard InChI is InChI=1S/C10H15NO3S2/c1-2-9-3-4-10(15-9)16(12,13)11-8-5-6-14-7-8/h3-4,8,11H,2,5-7H2,1H3.